The summed E-state index contributed by atoms with van der Waals surface area (Å²) in [6.45, 7) is 0. The molecule has 0 aromatic carbocycles. The molecule has 2 N–H and O–H groups in total. The van der Waals surface area contributed by atoms with Gasteiger partial charge in [0.25, 0.3) is 0 Å². The zero-order valence-electron chi connectivity index (χ0n) is 7.48. The molecule has 0 atom stereocenters. The molecule has 0 fully saturated rings. The Morgan fingerprint density at radius 3 is 2.93 bits per heavy atom. The molecular weight excluding hydrogens is 184 g/mol. The molecule has 5 nitrogen and oxygen atoms in total. The third-order valence-corrected chi connectivity index (χ3v) is 1.40. The smallest absolute Gasteiger partial charge is 0.410 e. The van der Waals surface area contributed by atoms with Crippen LogP contribution in [0, 0.1) is 12.3 Å². The Balaban J connectivity index is 3.03. The molecule has 1 aromatic rings. The van der Waals surface area contributed by atoms with E-state index in [0.29, 0.717) is 11.4 Å². The lowest BCUT2D eigenvalue weighted by Gasteiger charge is -2.04. The first-order valence-electron chi connectivity index (χ1n) is 3.65. The summed E-state index contributed by atoms with van der Waals surface area (Å²) in [6.07, 6.45) is 5.53. The maximum Gasteiger partial charge on any atom is 0.410 e. The Morgan fingerprint density at radius 1 is 1.71 bits per heavy atom. The number of carbonyl (C=O) groups is 1. The lowest BCUT2D eigenvalue weighted by atomic mass is 10.3. The van der Waals surface area contributed by atoms with Crippen molar-refractivity contribution in [2.45, 2.75) is 0 Å². The number of hydrogen-bond acceptors (Lipinski definition) is 4. The van der Waals surface area contributed by atoms with Crippen molar-refractivity contribution in [3.63, 3.8) is 0 Å². The fourth-order valence-electron chi connectivity index (χ4n) is 0.863. The number of rotatable bonds is 2. The van der Waals surface area contributed by atoms with Crippen LogP contribution in [0.5, 0.6) is 11.5 Å². The second kappa shape index (κ2) is 4.14. The molecule has 1 heterocycles. The minimum Gasteiger partial charge on any atom is -0.494 e. The van der Waals surface area contributed by atoms with Crippen LogP contribution in [0.4, 0.5) is 4.79 Å². The molecule has 14 heavy (non-hydrogen) atoms. The van der Waals surface area contributed by atoms with Gasteiger partial charge in [-0.1, -0.05) is 0 Å². The molecule has 1 rings (SSSR count). The van der Waals surface area contributed by atoms with E-state index in [-0.39, 0.29) is 5.75 Å². The van der Waals surface area contributed by atoms with Crippen LogP contribution in [-0.2, 0) is 0 Å². The lowest BCUT2D eigenvalue weighted by Crippen LogP contribution is -2.16. The Bertz CT molecular complexity index is 396. The van der Waals surface area contributed by atoms with E-state index in [1.54, 1.807) is 0 Å². The number of aromatic nitrogens is 1. The fraction of sp³-hybridized carbons (Fsp3) is 0.111. The maximum atomic E-state index is 10.4. The monoisotopic (exact) mass is 192 g/mol. The third-order valence-electron chi connectivity index (χ3n) is 1.40. The van der Waals surface area contributed by atoms with Crippen molar-refractivity contribution in [1.29, 1.82) is 0 Å². The van der Waals surface area contributed by atoms with E-state index in [4.69, 9.17) is 16.9 Å². The largest absolute Gasteiger partial charge is 0.494 e. The van der Waals surface area contributed by atoms with Gasteiger partial charge in [0.05, 0.1) is 13.3 Å². The van der Waals surface area contributed by atoms with Gasteiger partial charge in [-0.3, -0.25) is 0 Å². The van der Waals surface area contributed by atoms with Crippen LogP contribution in [0.15, 0.2) is 12.3 Å². The van der Waals surface area contributed by atoms with Gasteiger partial charge < -0.3 is 15.2 Å². The van der Waals surface area contributed by atoms with Gasteiger partial charge in [-0.05, 0) is 5.92 Å². The molecule has 0 saturated heterocycles. The Labute approximate surface area is 80.8 Å². The van der Waals surface area contributed by atoms with Crippen LogP contribution in [0.2, 0.25) is 0 Å². The van der Waals surface area contributed by atoms with Crippen LogP contribution >= 0.6 is 0 Å². The summed E-state index contributed by atoms with van der Waals surface area (Å²) in [6, 6.07) is 1.44. The van der Waals surface area contributed by atoms with Crippen LogP contribution in [0.25, 0.3) is 0 Å². The van der Waals surface area contributed by atoms with Gasteiger partial charge in [0, 0.05) is 6.07 Å². The zero-order chi connectivity index (χ0) is 10.6. The second-order valence-corrected chi connectivity index (χ2v) is 2.29. The molecule has 0 unspecified atom stereocenters. The number of methoxy groups -OCH3 is 1. The maximum absolute atomic E-state index is 10.4. The van der Waals surface area contributed by atoms with E-state index in [1.807, 2.05) is 0 Å². The number of ether oxygens (including phenoxy) is 2. The number of hydrogen-bond donors (Lipinski definition) is 1. The molecule has 1 amide bonds. The molecule has 1 aromatic heterocycles. The average molecular weight is 192 g/mol. The van der Waals surface area contributed by atoms with Gasteiger partial charge in [0.1, 0.15) is 0 Å². The molecular formula is C9H8N2O3. The number of carbonyl (C=O) groups excluding carboxylic acids is 1. The Kier molecular flexibility index (Phi) is 2.92. The van der Waals surface area contributed by atoms with E-state index >= 15 is 0 Å². The van der Waals surface area contributed by atoms with Crippen molar-refractivity contribution in [3.8, 4) is 23.8 Å². The fourth-order valence-corrected chi connectivity index (χ4v) is 0.863. The Morgan fingerprint density at radius 2 is 2.43 bits per heavy atom. The van der Waals surface area contributed by atoms with Gasteiger partial charge in [0.2, 0.25) is 0 Å². The number of amides is 1. The van der Waals surface area contributed by atoms with Crippen molar-refractivity contribution in [2.24, 2.45) is 5.73 Å². The molecule has 0 aliphatic rings. The summed E-state index contributed by atoms with van der Waals surface area (Å²) in [5.74, 6) is 2.86. The number of primary amides is 1. The molecule has 0 spiro atoms. The summed E-state index contributed by atoms with van der Waals surface area (Å²) in [5.41, 5.74) is 5.15. The van der Waals surface area contributed by atoms with Crippen molar-refractivity contribution in [3.05, 3.63) is 18.0 Å². The van der Waals surface area contributed by atoms with Gasteiger partial charge in [-0.15, -0.1) is 6.42 Å². The van der Waals surface area contributed by atoms with Gasteiger partial charge in [-0.25, -0.2) is 9.78 Å². The lowest BCUT2D eigenvalue weighted by molar-refractivity contribution is 0.210. The zero-order valence-corrected chi connectivity index (χ0v) is 7.48. The summed E-state index contributed by atoms with van der Waals surface area (Å²) >= 11 is 0. The number of pyridine rings is 1. The normalized spacial score (nSPS) is 8.86. The second-order valence-electron chi connectivity index (χ2n) is 2.29. The van der Waals surface area contributed by atoms with Crippen LogP contribution in [-0.4, -0.2) is 18.2 Å². The molecule has 0 saturated carbocycles. The molecule has 5 heteroatoms. The predicted octanol–water partition coefficient (Wildman–Crippen LogP) is 0.529. The van der Waals surface area contributed by atoms with Crippen LogP contribution < -0.4 is 15.2 Å². The van der Waals surface area contributed by atoms with Crippen molar-refractivity contribution >= 4 is 6.09 Å². The van der Waals surface area contributed by atoms with Crippen molar-refractivity contribution in [2.75, 3.05) is 7.11 Å². The first kappa shape index (κ1) is 9.86. The first-order chi connectivity index (χ1) is 6.67. The van der Waals surface area contributed by atoms with E-state index in [2.05, 4.69) is 15.6 Å². The summed E-state index contributed by atoms with van der Waals surface area (Å²) in [7, 11) is 1.44. The summed E-state index contributed by atoms with van der Waals surface area (Å²) < 4.78 is 9.51. The number of nitrogens with two attached hydrogens (primary N) is 1. The summed E-state index contributed by atoms with van der Waals surface area (Å²) in [4.78, 5) is 14.2. The minimum atomic E-state index is -0.915. The molecule has 0 aliphatic carbocycles. The van der Waals surface area contributed by atoms with Crippen molar-refractivity contribution in [1.82, 2.24) is 4.98 Å². The molecule has 0 radical (unpaired) electrons. The highest BCUT2D eigenvalue weighted by Gasteiger charge is 2.06. The van der Waals surface area contributed by atoms with E-state index in [0.717, 1.165) is 0 Å². The first-order valence-corrected chi connectivity index (χ1v) is 3.65. The highest BCUT2D eigenvalue weighted by Crippen LogP contribution is 2.21. The predicted molar refractivity (Wildman–Crippen MR) is 48.9 cm³/mol. The van der Waals surface area contributed by atoms with Gasteiger partial charge in [-0.2, -0.15) is 0 Å². The number of nitrogens with zero attached hydrogens (tertiary/aromatic N) is 1. The highest BCUT2D eigenvalue weighted by molar-refractivity contribution is 5.68. The minimum absolute atomic E-state index is 0.188. The van der Waals surface area contributed by atoms with Crippen LogP contribution in [0.3, 0.4) is 0 Å². The van der Waals surface area contributed by atoms with Gasteiger partial charge in [0.15, 0.2) is 17.2 Å². The van der Waals surface area contributed by atoms with E-state index in [1.165, 1.54) is 19.4 Å². The van der Waals surface area contributed by atoms with Crippen LogP contribution in [0.1, 0.15) is 5.69 Å². The third kappa shape index (κ3) is 2.14. The number of terminal acetylenes is 1. The molecule has 0 bridgehead atoms. The van der Waals surface area contributed by atoms with Crippen molar-refractivity contribution < 1.29 is 14.3 Å². The Hall–Kier alpha value is -2.22. The SMILES string of the molecule is C#Cc1ncc(OC(N)=O)cc1OC. The quantitative estimate of drug-likeness (QED) is 0.693. The molecule has 0 aliphatic heterocycles. The molecule has 72 valence electrons. The average Bonchev–Trinajstić information content (AvgIpc) is 2.16. The summed E-state index contributed by atoms with van der Waals surface area (Å²) in [5, 5.41) is 0. The van der Waals surface area contributed by atoms with E-state index < -0.39 is 6.09 Å². The standard InChI is InChI=1S/C9H8N2O3/c1-3-7-8(13-2)4-6(5-11-7)14-9(10)12/h1,4-5H,2H3,(H2,10,12). The topological polar surface area (TPSA) is 74.4 Å². The van der Waals surface area contributed by atoms with E-state index in [9.17, 15) is 4.79 Å². The van der Waals surface area contributed by atoms with Gasteiger partial charge >= 0.3 is 6.09 Å². The highest BCUT2D eigenvalue weighted by atomic mass is 16.5.